The van der Waals surface area contributed by atoms with Gasteiger partial charge in [-0.1, -0.05) is 67.2 Å². The highest BCUT2D eigenvalue weighted by atomic mass is 16.6. The summed E-state index contributed by atoms with van der Waals surface area (Å²) in [5, 5.41) is 0. The topological polar surface area (TPSA) is 55.8 Å². The Bertz CT molecular complexity index is 840. The monoisotopic (exact) mass is 365 g/mol. The molecule has 140 valence electrons. The van der Waals surface area contributed by atoms with Gasteiger partial charge in [-0.3, -0.25) is 4.90 Å². The first-order chi connectivity index (χ1) is 12.8. The number of cyclic esters (lactones) is 1. The van der Waals surface area contributed by atoms with Crippen LogP contribution in [0.4, 0.5) is 4.79 Å². The highest BCUT2D eigenvalue weighted by Gasteiger charge is 2.45. The van der Waals surface area contributed by atoms with E-state index < -0.39 is 29.8 Å². The number of carbonyl (C=O) groups is 2. The number of benzene rings is 2. The van der Waals surface area contributed by atoms with Crippen LogP contribution in [-0.4, -0.2) is 22.6 Å². The number of ether oxygens (including phenoxy) is 2. The van der Waals surface area contributed by atoms with E-state index in [2.05, 4.69) is 6.58 Å². The van der Waals surface area contributed by atoms with Crippen molar-refractivity contribution in [2.75, 3.05) is 0 Å². The maximum atomic E-state index is 13.0. The fourth-order valence-electron chi connectivity index (χ4n) is 3.05. The van der Waals surface area contributed by atoms with E-state index in [0.717, 1.165) is 11.1 Å². The first-order valence-corrected chi connectivity index (χ1v) is 8.80. The van der Waals surface area contributed by atoms with Gasteiger partial charge in [-0.25, -0.2) is 9.59 Å². The molecule has 1 fully saturated rings. The van der Waals surface area contributed by atoms with E-state index in [4.69, 9.17) is 9.47 Å². The maximum Gasteiger partial charge on any atom is 0.415 e. The number of rotatable bonds is 2. The minimum Gasteiger partial charge on any atom is -0.450 e. The SMILES string of the molecule is C=C1C(=O)O[C@H](c2ccccc2)[C@H](c2ccccc2)N1C(=O)OC(C)(C)C. The summed E-state index contributed by atoms with van der Waals surface area (Å²) in [7, 11) is 0. The zero-order chi connectivity index (χ0) is 19.6. The Balaban J connectivity index is 2.10. The molecule has 0 N–H and O–H groups in total. The van der Waals surface area contributed by atoms with E-state index in [1.165, 1.54) is 4.90 Å². The Hall–Kier alpha value is -3.08. The highest BCUT2D eigenvalue weighted by molar-refractivity contribution is 5.93. The molecule has 1 saturated heterocycles. The van der Waals surface area contributed by atoms with Gasteiger partial charge in [0, 0.05) is 0 Å². The van der Waals surface area contributed by atoms with Crippen molar-refractivity contribution >= 4 is 12.1 Å². The van der Waals surface area contributed by atoms with E-state index in [-0.39, 0.29) is 5.70 Å². The number of hydrogen-bond acceptors (Lipinski definition) is 4. The number of carbonyl (C=O) groups excluding carboxylic acids is 2. The molecule has 0 aliphatic carbocycles. The van der Waals surface area contributed by atoms with Crippen molar-refractivity contribution in [3.05, 3.63) is 84.1 Å². The summed E-state index contributed by atoms with van der Waals surface area (Å²) in [5.41, 5.74) is 0.874. The molecule has 2 aromatic carbocycles. The number of nitrogens with zero attached hydrogens (tertiary/aromatic N) is 1. The first kappa shape index (κ1) is 18.7. The second-order valence-corrected chi connectivity index (χ2v) is 7.39. The fraction of sp³-hybridized carbons (Fsp3) is 0.273. The van der Waals surface area contributed by atoms with Crippen LogP contribution in [0.5, 0.6) is 0 Å². The molecule has 1 amide bonds. The first-order valence-electron chi connectivity index (χ1n) is 8.80. The lowest BCUT2D eigenvalue weighted by Gasteiger charge is -2.41. The van der Waals surface area contributed by atoms with Gasteiger partial charge in [0.1, 0.15) is 17.3 Å². The van der Waals surface area contributed by atoms with Crippen molar-refractivity contribution in [2.45, 2.75) is 38.5 Å². The molecule has 27 heavy (non-hydrogen) atoms. The second kappa shape index (κ2) is 7.27. The largest absolute Gasteiger partial charge is 0.450 e. The van der Waals surface area contributed by atoms with Crippen molar-refractivity contribution in [1.82, 2.24) is 4.90 Å². The molecule has 3 rings (SSSR count). The molecule has 0 aromatic heterocycles. The summed E-state index contributed by atoms with van der Waals surface area (Å²) in [5.74, 6) is -0.637. The lowest BCUT2D eigenvalue weighted by atomic mass is 9.92. The molecule has 0 radical (unpaired) electrons. The predicted molar refractivity (Wildman–Crippen MR) is 102 cm³/mol. The highest BCUT2D eigenvalue weighted by Crippen LogP contribution is 2.43. The smallest absolute Gasteiger partial charge is 0.415 e. The third-order valence-corrected chi connectivity index (χ3v) is 4.18. The van der Waals surface area contributed by atoms with Gasteiger partial charge < -0.3 is 9.47 Å². The molecule has 0 bridgehead atoms. The van der Waals surface area contributed by atoms with E-state index in [9.17, 15) is 9.59 Å². The zero-order valence-corrected chi connectivity index (χ0v) is 15.7. The van der Waals surface area contributed by atoms with E-state index in [1.54, 1.807) is 20.8 Å². The average molecular weight is 365 g/mol. The second-order valence-electron chi connectivity index (χ2n) is 7.39. The van der Waals surface area contributed by atoms with Crippen molar-refractivity contribution in [2.24, 2.45) is 0 Å². The van der Waals surface area contributed by atoms with Gasteiger partial charge in [0.05, 0.1) is 0 Å². The molecule has 0 saturated carbocycles. The fourth-order valence-corrected chi connectivity index (χ4v) is 3.05. The Labute approximate surface area is 159 Å². The standard InChI is InChI=1S/C22H23NO4/c1-15-20(24)26-19(17-13-9-6-10-14-17)18(16-11-7-5-8-12-16)23(15)21(25)27-22(2,3)4/h5-14,18-19H,1H2,2-4H3/t18-,19+/m0/s1. The molecule has 1 heterocycles. The maximum absolute atomic E-state index is 13.0. The minimum absolute atomic E-state index is 0.0368. The van der Waals surface area contributed by atoms with Gasteiger partial charge in [-0.2, -0.15) is 0 Å². The molecular weight excluding hydrogens is 342 g/mol. The van der Waals surface area contributed by atoms with Gasteiger partial charge in [0.2, 0.25) is 0 Å². The van der Waals surface area contributed by atoms with Crippen molar-refractivity contribution in [1.29, 1.82) is 0 Å². The normalized spacial score (nSPS) is 20.2. The quantitative estimate of drug-likeness (QED) is 0.568. The summed E-state index contributed by atoms with van der Waals surface area (Å²) in [6.07, 6.45) is -1.29. The third kappa shape index (κ3) is 4.03. The predicted octanol–water partition coefficient (Wildman–Crippen LogP) is 4.78. The third-order valence-electron chi connectivity index (χ3n) is 4.18. The van der Waals surface area contributed by atoms with Crippen molar-refractivity contribution in [3.8, 4) is 0 Å². The Morgan fingerprint density at radius 1 is 1.00 bits per heavy atom. The molecule has 2 aromatic rings. The van der Waals surface area contributed by atoms with Crippen LogP contribution in [0, 0.1) is 0 Å². The summed E-state index contributed by atoms with van der Waals surface area (Å²) in [6, 6.07) is 18.2. The minimum atomic E-state index is -0.706. The zero-order valence-electron chi connectivity index (χ0n) is 15.7. The average Bonchev–Trinajstić information content (AvgIpc) is 2.63. The van der Waals surface area contributed by atoms with Gasteiger partial charge in [-0.05, 0) is 31.9 Å². The Kier molecular flexibility index (Phi) is 5.04. The molecule has 5 nitrogen and oxygen atoms in total. The van der Waals surface area contributed by atoms with Gasteiger partial charge in [0.15, 0.2) is 6.10 Å². The lowest BCUT2D eigenvalue weighted by molar-refractivity contribution is -0.158. The molecule has 5 heteroatoms. The van der Waals surface area contributed by atoms with Crippen LogP contribution >= 0.6 is 0 Å². The number of hydrogen-bond donors (Lipinski definition) is 0. The lowest BCUT2D eigenvalue weighted by Crippen LogP contribution is -2.47. The number of esters is 1. The van der Waals surface area contributed by atoms with Gasteiger partial charge in [0.25, 0.3) is 0 Å². The summed E-state index contributed by atoms with van der Waals surface area (Å²) < 4.78 is 11.2. The molecule has 2 atom stereocenters. The number of morpholine rings is 1. The molecule has 0 spiro atoms. The summed E-state index contributed by atoms with van der Waals surface area (Å²) in [4.78, 5) is 26.7. The van der Waals surface area contributed by atoms with Crippen LogP contribution in [0.2, 0.25) is 0 Å². The molecule has 1 aliphatic rings. The molecular formula is C22H23NO4. The van der Waals surface area contributed by atoms with Crippen LogP contribution in [0.25, 0.3) is 0 Å². The molecule has 0 unspecified atom stereocenters. The summed E-state index contributed by atoms with van der Waals surface area (Å²) in [6.45, 7) is 9.12. The summed E-state index contributed by atoms with van der Waals surface area (Å²) >= 11 is 0. The van der Waals surface area contributed by atoms with E-state index in [0.29, 0.717) is 0 Å². The van der Waals surface area contributed by atoms with Crippen LogP contribution in [-0.2, 0) is 14.3 Å². The number of amides is 1. The van der Waals surface area contributed by atoms with Gasteiger partial charge in [-0.15, -0.1) is 0 Å². The van der Waals surface area contributed by atoms with Crippen LogP contribution in [0.1, 0.15) is 44.0 Å². The molecule has 1 aliphatic heterocycles. The Morgan fingerprint density at radius 2 is 1.52 bits per heavy atom. The van der Waals surface area contributed by atoms with Crippen molar-refractivity contribution < 1.29 is 19.1 Å². The van der Waals surface area contributed by atoms with Crippen LogP contribution in [0.15, 0.2) is 72.9 Å². The van der Waals surface area contributed by atoms with E-state index in [1.807, 2.05) is 60.7 Å². The van der Waals surface area contributed by atoms with E-state index >= 15 is 0 Å². The van der Waals surface area contributed by atoms with Crippen LogP contribution in [0.3, 0.4) is 0 Å². The van der Waals surface area contributed by atoms with Crippen LogP contribution < -0.4 is 0 Å². The van der Waals surface area contributed by atoms with Crippen molar-refractivity contribution in [3.63, 3.8) is 0 Å². The van der Waals surface area contributed by atoms with Gasteiger partial charge >= 0.3 is 12.1 Å². The Morgan fingerprint density at radius 3 is 2.04 bits per heavy atom.